The van der Waals surface area contributed by atoms with E-state index in [-0.39, 0.29) is 5.76 Å². The summed E-state index contributed by atoms with van der Waals surface area (Å²) in [5.41, 5.74) is 1.40. The predicted molar refractivity (Wildman–Crippen MR) is 114 cm³/mol. The number of ether oxygens (including phenoxy) is 2. The van der Waals surface area contributed by atoms with Crippen molar-refractivity contribution in [3.05, 3.63) is 72.0 Å². The van der Waals surface area contributed by atoms with Crippen molar-refractivity contribution in [2.75, 3.05) is 13.7 Å². The van der Waals surface area contributed by atoms with Crippen molar-refractivity contribution in [2.24, 2.45) is 4.99 Å². The van der Waals surface area contributed by atoms with Crippen molar-refractivity contribution >= 4 is 33.9 Å². The summed E-state index contributed by atoms with van der Waals surface area (Å²) in [5, 5.41) is 3.05. The molecule has 29 heavy (non-hydrogen) atoms. The molecule has 0 radical (unpaired) electrons. The fourth-order valence-corrected chi connectivity index (χ4v) is 3.19. The second-order valence-electron chi connectivity index (χ2n) is 6.63. The molecule has 5 heteroatoms. The van der Waals surface area contributed by atoms with Gasteiger partial charge >= 0.3 is 5.91 Å². The number of amides is 1. The first-order valence-corrected chi connectivity index (χ1v) is 9.50. The Morgan fingerprint density at radius 2 is 1.90 bits per heavy atom. The number of benzene rings is 3. The Morgan fingerprint density at radius 1 is 1.03 bits per heavy atom. The highest BCUT2D eigenvalue weighted by atomic mass is 16.5. The zero-order chi connectivity index (χ0) is 20.2. The van der Waals surface area contributed by atoms with E-state index in [1.54, 1.807) is 19.2 Å². The molecule has 5 nitrogen and oxygen atoms in total. The molecule has 0 atom stereocenters. The fourth-order valence-electron chi connectivity index (χ4n) is 3.19. The molecule has 0 aliphatic rings. The largest absolute Gasteiger partial charge is 0.493 e. The summed E-state index contributed by atoms with van der Waals surface area (Å²) in [5.74, 6) is 1.05. The van der Waals surface area contributed by atoms with Gasteiger partial charge in [0, 0.05) is 11.6 Å². The topological polar surface area (TPSA) is 61.0 Å². The van der Waals surface area contributed by atoms with Crippen LogP contribution in [0.15, 0.2) is 70.1 Å². The van der Waals surface area contributed by atoms with Crippen LogP contribution >= 0.6 is 0 Å². The average Bonchev–Trinajstić information content (AvgIpc) is 3.21. The van der Waals surface area contributed by atoms with Crippen LogP contribution in [-0.4, -0.2) is 25.8 Å². The molecular formula is C24H21NO4. The predicted octanol–water partition coefficient (Wildman–Crippen LogP) is 5.64. The second-order valence-corrected chi connectivity index (χ2v) is 6.63. The third kappa shape index (κ3) is 3.85. The lowest BCUT2D eigenvalue weighted by atomic mass is 10.1. The van der Waals surface area contributed by atoms with Gasteiger partial charge in [-0.05, 0) is 53.1 Å². The minimum Gasteiger partial charge on any atom is -0.493 e. The molecule has 0 saturated heterocycles. The van der Waals surface area contributed by atoms with Crippen LogP contribution in [0, 0.1) is 0 Å². The van der Waals surface area contributed by atoms with E-state index in [9.17, 15) is 4.79 Å². The monoisotopic (exact) mass is 387 g/mol. The molecular weight excluding hydrogens is 366 g/mol. The zero-order valence-electron chi connectivity index (χ0n) is 16.3. The van der Waals surface area contributed by atoms with Gasteiger partial charge in [-0.3, -0.25) is 4.79 Å². The zero-order valence-corrected chi connectivity index (χ0v) is 16.3. The number of hydrogen-bond acceptors (Lipinski definition) is 4. The normalized spacial score (nSPS) is 11.4. The maximum absolute atomic E-state index is 12.5. The molecule has 0 aliphatic carbocycles. The fraction of sp³-hybridized carbons (Fsp3) is 0.167. The number of fused-ring (bicyclic) bond motifs is 3. The Morgan fingerprint density at radius 3 is 2.72 bits per heavy atom. The summed E-state index contributed by atoms with van der Waals surface area (Å²) in [7, 11) is 1.58. The number of hydrogen-bond donors (Lipinski definition) is 0. The molecule has 1 amide bonds. The molecule has 0 saturated carbocycles. The summed E-state index contributed by atoms with van der Waals surface area (Å²) in [4.78, 5) is 16.6. The van der Waals surface area contributed by atoms with Gasteiger partial charge in [-0.25, -0.2) is 4.99 Å². The molecule has 3 aromatic carbocycles. The first-order valence-electron chi connectivity index (χ1n) is 9.50. The Labute approximate surface area is 168 Å². The third-order valence-electron chi connectivity index (χ3n) is 4.62. The van der Waals surface area contributed by atoms with E-state index < -0.39 is 5.91 Å². The maximum atomic E-state index is 12.5. The summed E-state index contributed by atoms with van der Waals surface area (Å²) in [6.45, 7) is 2.66. The third-order valence-corrected chi connectivity index (χ3v) is 4.62. The Bertz CT molecular complexity index is 1210. The molecule has 0 fully saturated rings. The summed E-state index contributed by atoms with van der Waals surface area (Å²) in [6.07, 6.45) is 2.41. The molecule has 0 unspecified atom stereocenters. The highest BCUT2D eigenvalue weighted by molar-refractivity contribution is 6.09. The molecule has 0 bridgehead atoms. The van der Waals surface area contributed by atoms with Crippen molar-refractivity contribution in [3.63, 3.8) is 0 Å². The quantitative estimate of drug-likeness (QED) is 0.402. The van der Waals surface area contributed by atoms with E-state index in [1.165, 1.54) is 6.21 Å². The molecule has 0 N–H and O–H groups in total. The smallest absolute Gasteiger partial charge is 0.312 e. The standard InChI is InChI=1S/C24H21NO4/c1-3-12-28-21-10-8-16(13-22(21)27-2)15-25-24(26)23-14-19-18-7-5-4-6-17(18)9-11-20(19)29-23/h4-11,13-15H,3,12H2,1-2H3. The van der Waals surface area contributed by atoms with Gasteiger partial charge in [0.05, 0.1) is 13.7 Å². The van der Waals surface area contributed by atoms with E-state index in [0.29, 0.717) is 23.7 Å². The van der Waals surface area contributed by atoms with Crippen molar-refractivity contribution in [2.45, 2.75) is 13.3 Å². The van der Waals surface area contributed by atoms with E-state index >= 15 is 0 Å². The molecule has 0 aliphatic heterocycles. The lowest BCUT2D eigenvalue weighted by molar-refractivity contribution is 0.0979. The van der Waals surface area contributed by atoms with Crippen LogP contribution in [0.4, 0.5) is 0 Å². The number of aliphatic imine (C=N–C) groups is 1. The van der Waals surface area contributed by atoms with Gasteiger partial charge in [-0.15, -0.1) is 0 Å². The first-order chi connectivity index (χ1) is 14.2. The van der Waals surface area contributed by atoms with Gasteiger partial charge < -0.3 is 13.9 Å². The van der Waals surface area contributed by atoms with Crippen LogP contribution < -0.4 is 9.47 Å². The van der Waals surface area contributed by atoms with Crippen LogP contribution in [0.2, 0.25) is 0 Å². The molecule has 1 aromatic heterocycles. The van der Waals surface area contributed by atoms with Crippen LogP contribution in [0.1, 0.15) is 29.5 Å². The van der Waals surface area contributed by atoms with E-state index in [4.69, 9.17) is 13.9 Å². The van der Waals surface area contributed by atoms with Crippen LogP contribution in [0.3, 0.4) is 0 Å². The number of carbonyl (C=O) groups excluding carboxylic acids is 1. The summed E-state index contributed by atoms with van der Waals surface area (Å²) < 4.78 is 16.7. The molecule has 146 valence electrons. The molecule has 4 rings (SSSR count). The van der Waals surface area contributed by atoms with E-state index in [2.05, 4.69) is 4.99 Å². The first kappa shape index (κ1) is 18.7. The van der Waals surface area contributed by atoms with Gasteiger partial charge in [0.25, 0.3) is 0 Å². The van der Waals surface area contributed by atoms with Crippen LogP contribution in [-0.2, 0) is 0 Å². The lowest BCUT2D eigenvalue weighted by Gasteiger charge is -2.10. The number of nitrogens with zero attached hydrogens (tertiary/aromatic N) is 1. The van der Waals surface area contributed by atoms with Crippen LogP contribution in [0.25, 0.3) is 21.7 Å². The van der Waals surface area contributed by atoms with Gasteiger partial charge in [0.15, 0.2) is 17.3 Å². The number of methoxy groups -OCH3 is 1. The van der Waals surface area contributed by atoms with Crippen LogP contribution in [0.5, 0.6) is 11.5 Å². The average molecular weight is 387 g/mol. The Hall–Kier alpha value is -3.60. The Kier molecular flexibility index (Phi) is 5.29. The second kappa shape index (κ2) is 8.19. The molecule has 1 heterocycles. The lowest BCUT2D eigenvalue weighted by Crippen LogP contribution is -1.99. The summed E-state index contributed by atoms with van der Waals surface area (Å²) in [6, 6.07) is 19.0. The van der Waals surface area contributed by atoms with Crippen molar-refractivity contribution < 1.29 is 18.7 Å². The SMILES string of the molecule is CCCOc1ccc(C=NC(=O)c2cc3c(ccc4ccccc43)o2)cc1OC. The van der Waals surface area contributed by atoms with E-state index in [0.717, 1.165) is 28.1 Å². The number of furan rings is 1. The summed E-state index contributed by atoms with van der Waals surface area (Å²) >= 11 is 0. The van der Waals surface area contributed by atoms with Crippen molar-refractivity contribution in [1.29, 1.82) is 0 Å². The number of carbonyl (C=O) groups is 1. The highest BCUT2D eigenvalue weighted by Gasteiger charge is 2.13. The van der Waals surface area contributed by atoms with Gasteiger partial charge in [0.1, 0.15) is 5.58 Å². The number of rotatable bonds is 6. The van der Waals surface area contributed by atoms with Crippen molar-refractivity contribution in [3.8, 4) is 11.5 Å². The molecule has 0 spiro atoms. The Balaban J connectivity index is 1.59. The molecule has 4 aromatic rings. The van der Waals surface area contributed by atoms with Gasteiger partial charge in [-0.2, -0.15) is 0 Å². The highest BCUT2D eigenvalue weighted by Crippen LogP contribution is 2.29. The minimum atomic E-state index is -0.435. The van der Waals surface area contributed by atoms with Gasteiger partial charge in [0.2, 0.25) is 0 Å². The van der Waals surface area contributed by atoms with E-state index in [1.807, 2.05) is 55.5 Å². The minimum absolute atomic E-state index is 0.211. The maximum Gasteiger partial charge on any atom is 0.312 e. The van der Waals surface area contributed by atoms with Crippen molar-refractivity contribution in [1.82, 2.24) is 0 Å². The van der Waals surface area contributed by atoms with Gasteiger partial charge in [-0.1, -0.05) is 37.3 Å².